The second-order valence-corrected chi connectivity index (χ2v) is 8.51. The van der Waals surface area contributed by atoms with Gasteiger partial charge in [-0.2, -0.15) is 0 Å². The highest BCUT2D eigenvalue weighted by Crippen LogP contribution is 2.31. The summed E-state index contributed by atoms with van der Waals surface area (Å²) in [6, 6.07) is 11.2. The van der Waals surface area contributed by atoms with Crippen LogP contribution in [0, 0.1) is 6.92 Å². The van der Waals surface area contributed by atoms with E-state index in [4.69, 9.17) is 26.1 Å². The van der Waals surface area contributed by atoms with Gasteiger partial charge in [-0.1, -0.05) is 17.7 Å². The van der Waals surface area contributed by atoms with Crippen LogP contribution in [0.1, 0.15) is 26.0 Å². The maximum atomic E-state index is 13.6. The minimum Gasteiger partial charge on any atom is -0.497 e. The molecule has 1 fully saturated rings. The zero-order chi connectivity index (χ0) is 24.2. The van der Waals surface area contributed by atoms with Gasteiger partial charge in [0.1, 0.15) is 29.2 Å². The van der Waals surface area contributed by atoms with Crippen molar-refractivity contribution in [2.75, 3.05) is 30.5 Å². The fourth-order valence-corrected chi connectivity index (χ4v) is 4.62. The minimum absolute atomic E-state index is 0.0450. The Kier molecular flexibility index (Phi) is 7.38. The molecular formula is C25H30ClN5O3. The SMILES string of the molecule is CCO[C@H]1CC(Nc2c(C)nc(-c3ccc(OC)cc3Cl)n(CC)c2=O)N(c2ccccn2)C1. The standard InChI is InChI=1S/C25H30ClN5O3/c1-5-30-24(19-11-10-17(33-4)13-20(19)26)28-16(3)23(25(30)32)29-22-14-18(34-6-2)15-31(22)21-9-7-8-12-27-21/h7-13,18,22,29H,5-6,14-15H2,1-4H3/t18-,22?/m0/s1. The second kappa shape index (κ2) is 10.4. The van der Waals surface area contributed by atoms with Crippen molar-refractivity contribution < 1.29 is 9.47 Å². The van der Waals surface area contributed by atoms with Crippen molar-refractivity contribution in [1.29, 1.82) is 0 Å². The average Bonchev–Trinajstić information content (AvgIpc) is 3.24. The van der Waals surface area contributed by atoms with E-state index in [0.29, 0.717) is 53.2 Å². The van der Waals surface area contributed by atoms with Crippen LogP contribution in [0.5, 0.6) is 5.75 Å². The predicted molar refractivity (Wildman–Crippen MR) is 135 cm³/mol. The van der Waals surface area contributed by atoms with Crippen LogP contribution in [-0.4, -0.2) is 47.1 Å². The van der Waals surface area contributed by atoms with Crippen molar-refractivity contribution in [1.82, 2.24) is 14.5 Å². The Labute approximate surface area is 204 Å². The van der Waals surface area contributed by atoms with E-state index in [9.17, 15) is 4.79 Å². The van der Waals surface area contributed by atoms with Crippen LogP contribution < -0.4 is 20.5 Å². The highest BCUT2D eigenvalue weighted by atomic mass is 35.5. The van der Waals surface area contributed by atoms with Crippen molar-refractivity contribution in [3.8, 4) is 17.1 Å². The topological polar surface area (TPSA) is 81.5 Å². The third-order valence-corrected chi connectivity index (χ3v) is 6.32. The third kappa shape index (κ3) is 4.74. The number of hydrogen-bond donors (Lipinski definition) is 1. The Morgan fingerprint density at radius 2 is 2.06 bits per heavy atom. The number of nitrogens with one attached hydrogen (secondary N) is 1. The summed E-state index contributed by atoms with van der Waals surface area (Å²) in [5.41, 5.74) is 1.62. The molecule has 0 saturated carbocycles. The third-order valence-electron chi connectivity index (χ3n) is 6.00. The van der Waals surface area contributed by atoms with E-state index in [-0.39, 0.29) is 17.8 Å². The van der Waals surface area contributed by atoms with Gasteiger partial charge in [0.25, 0.3) is 5.56 Å². The first-order chi connectivity index (χ1) is 16.5. The summed E-state index contributed by atoms with van der Waals surface area (Å²) >= 11 is 6.51. The lowest BCUT2D eigenvalue weighted by atomic mass is 10.1. The molecule has 3 heterocycles. The molecule has 1 aromatic carbocycles. The van der Waals surface area contributed by atoms with Crippen molar-refractivity contribution in [3.63, 3.8) is 0 Å². The molecule has 2 atom stereocenters. The van der Waals surface area contributed by atoms with Crippen LogP contribution in [0.3, 0.4) is 0 Å². The molecule has 180 valence electrons. The number of hydrogen-bond acceptors (Lipinski definition) is 7. The number of anilines is 2. The van der Waals surface area contributed by atoms with Gasteiger partial charge in [0, 0.05) is 37.9 Å². The van der Waals surface area contributed by atoms with Gasteiger partial charge < -0.3 is 19.7 Å². The molecule has 4 rings (SSSR count). The minimum atomic E-state index is -0.152. The monoisotopic (exact) mass is 483 g/mol. The van der Waals surface area contributed by atoms with E-state index in [1.54, 1.807) is 23.9 Å². The molecule has 8 nitrogen and oxygen atoms in total. The number of ether oxygens (including phenoxy) is 2. The molecule has 9 heteroatoms. The quantitative estimate of drug-likeness (QED) is 0.510. The molecule has 0 radical (unpaired) electrons. The predicted octanol–water partition coefficient (Wildman–Crippen LogP) is 4.35. The van der Waals surface area contributed by atoms with E-state index in [2.05, 4.69) is 15.2 Å². The van der Waals surface area contributed by atoms with E-state index >= 15 is 0 Å². The van der Waals surface area contributed by atoms with Gasteiger partial charge in [-0.15, -0.1) is 0 Å². The molecule has 0 amide bonds. The van der Waals surface area contributed by atoms with Gasteiger partial charge in [0.15, 0.2) is 0 Å². The van der Waals surface area contributed by atoms with Crippen molar-refractivity contribution in [2.45, 2.75) is 46.0 Å². The molecule has 0 aliphatic carbocycles. The molecule has 1 aliphatic heterocycles. The first kappa shape index (κ1) is 24.0. The summed E-state index contributed by atoms with van der Waals surface area (Å²) in [4.78, 5) is 25.1. The Bertz CT molecular complexity index is 1200. The maximum Gasteiger partial charge on any atom is 0.277 e. The lowest BCUT2D eigenvalue weighted by Gasteiger charge is -2.27. The van der Waals surface area contributed by atoms with Crippen molar-refractivity contribution in [2.24, 2.45) is 0 Å². The largest absolute Gasteiger partial charge is 0.497 e. The lowest BCUT2D eigenvalue weighted by molar-refractivity contribution is 0.0771. The number of nitrogens with zero attached hydrogens (tertiary/aromatic N) is 4. The first-order valence-corrected chi connectivity index (χ1v) is 11.9. The number of rotatable bonds is 8. The smallest absolute Gasteiger partial charge is 0.277 e. The highest BCUT2D eigenvalue weighted by Gasteiger charge is 2.34. The van der Waals surface area contributed by atoms with Crippen LogP contribution in [0.15, 0.2) is 47.4 Å². The summed E-state index contributed by atoms with van der Waals surface area (Å²) in [6.45, 7) is 7.52. The fourth-order valence-electron chi connectivity index (χ4n) is 4.36. The Hall–Kier alpha value is -3.10. The zero-order valence-electron chi connectivity index (χ0n) is 19.9. The highest BCUT2D eigenvalue weighted by molar-refractivity contribution is 6.33. The Morgan fingerprint density at radius 1 is 1.24 bits per heavy atom. The summed E-state index contributed by atoms with van der Waals surface area (Å²) in [5, 5.41) is 3.93. The average molecular weight is 484 g/mol. The van der Waals surface area contributed by atoms with Gasteiger partial charge in [-0.05, 0) is 51.1 Å². The van der Waals surface area contributed by atoms with Gasteiger partial charge in [-0.3, -0.25) is 9.36 Å². The summed E-state index contributed by atoms with van der Waals surface area (Å²) < 4.78 is 12.8. The van der Waals surface area contributed by atoms with Crippen LogP contribution in [0.25, 0.3) is 11.4 Å². The molecular weight excluding hydrogens is 454 g/mol. The van der Waals surface area contributed by atoms with Gasteiger partial charge in [0.05, 0.1) is 23.9 Å². The Balaban J connectivity index is 1.71. The molecule has 1 saturated heterocycles. The zero-order valence-corrected chi connectivity index (χ0v) is 20.7. The van der Waals surface area contributed by atoms with Crippen molar-refractivity contribution >= 4 is 23.1 Å². The number of benzene rings is 1. The molecule has 34 heavy (non-hydrogen) atoms. The number of pyridine rings is 1. The van der Waals surface area contributed by atoms with Crippen molar-refractivity contribution in [3.05, 3.63) is 63.7 Å². The molecule has 1 unspecified atom stereocenters. The summed E-state index contributed by atoms with van der Waals surface area (Å²) in [6.07, 6.45) is 2.38. The van der Waals surface area contributed by atoms with E-state index < -0.39 is 0 Å². The lowest BCUT2D eigenvalue weighted by Crippen LogP contribution is -2.39. The van der Waals surface area contributed by atoms with Crippen LogP contribution in [-0.2, 0) is 11.3 Å². The molecule has 0 spiro atoms. The van der Waals surface area contributed by atoms with Gasteiger partial charge in [0.2, 0.25) is 0 Å². The molecule has 1 N–H and O–H groups in total. The number of halogens is 1. The normalized spacial score (nSPS) is 17.7. The fraction of sp³-hybridized carbons (Fsp3) is 0.400. The van der Waals surface area contributed by atoms with Gasteiger partial charge in [-0.25, -0.2) is 9.97 Å². The Morgan fingerprint density at radius 3 is 2.71 bits per heavy atom. The molecule has 3 aromatic rings. The number of methoxy groups -OCH3 is 1. The maximum absolute atomic E-state index is 13.6. The molecule has 2 aromatic heterocycles. The van der Waals surface area contributed by atoms with Crippen LogP contribution in [0.2, 0.25) is 5.02 Å². The summed E-state index contributed by atoms with van der Waals surface area (Å²) in [5.74, 6) is 2.02. The van der Waals surface area contributed by atoms with Crippen LogP contribution in [0.4, 0.5) is 11.5 Å². The van der Waals surface area contributed by atoms with E-state index in [1.807, 2.05) is 51.1 Å². The first-order valence-electron chi connectivity index (χ1n) is 11.5. The van der Waals surface area contributed by atoms with E-state index in [1.165, 1.54) is 0 Å². The number of aromatic nitrogens is 3. The van der Waals surface area contributed by atoms with Gasteiger partial charge >= 0.3 is 0 Å². The molecule has 1 aliphatic rings. The number of aryl methyl sites for hydroxylation is 1. The summed E-state index contributed by atoms with van der Waals surface area (Å²) in [7, 11) is 1.59. The van der Waals surface area contributed by atoms with E-state index in [0.717, 1.165) is 12.2 Å². The van der Waals surface area contributed by atoms with Crippen LogP contribution >= 0.6 is 11.6 Å². The second-order valence-electron chi connectivity index (χ2n) is 8.10. The molecule has 0 bridgehead atoms.